The first-order valence-electron chi connectivity index (χ1n) is 3.85. The van der Waals surface area contributed by atoms with E-state index in [1.165, 1.54) is 13.2 Å². The van der Waals surface area contributed by atoms with Crippen molar-refractivity contribution in [2.45, 2.75) is 13.0 Å². The summed E-state index contributed by atoms with van der Waals surface area (Å²) in [5, 5.41) is 9.27. The van der Waals surface area contributed by atoms with E-state index < -0.39 is 17.9 Å². The molecule has 0 aliphatic heterocycles. The Kier molecular flexibility index (Phi) is 3.19. The second kappa shape index (κ2) is 4.19. The highest BCUT2D eigenvalue weighted by molar-refractivity contribution is 5.43. The fourth-order valence-corrected chi connectivity index (χ4v) is 0.998. The third-order valence-electron chi connectivity index (χ3n) is 1.67. The Balaban J connectivity index is 3.27. The molecule has 1 heterocycles. The summed E-state index contributed by atoms with van der Waals surface area (Å²) in [6.45, 7) is 0.0103. The van der Waals surface area contributed by atoms with Crippen molar-refractivity contribution in [1.82, 2.24) is 4.98 Å². The number of ether oxygens (including phenoxy) is 1. The summed E-state index contributed by atoms with van der Waals surface area (Å²) in [4.78, 5) is 3.49. The molecular weight excluding hydrogens is 194 g/mol. The van der Waals surface area contributed by atoms with Crippen molar-refractivity contribution >= 4 is 0 Å². The molecule has 0 radical (unpaired) electrons. The number of pyridine rings is 1. The molecule has 0 spiro atoms. The van der Waals surface area contributed by atoms with E-state index in [1.807, 2.05) is 0 Å². The number of nitrogens with two attached hydrogens (primary N) is 1. The van der Waals surface area contributed by atoms with E-state index in [4.69, 9.17) is 10.5 Å². The molecule has 0 fully saturated rings. The Morgan fingerprint density at radius 3 is 2.71 bits per heavy atom. The fraction of sp³-hybridized carbons (Fsp3) is 0.375. The molecule has 1 aromatic heterocycles. The van der Waals surface area contributed by atoms with Gasteiger partial charge in [0.25, 0.3) is 6.43 Å². The summed E-state index contributed by atoms with van der Waals surface area (Å²) in [6, 6.07) is 1.32. The van der Waals surface area contributed by atoms with Crippen LogP contribution in [0.5, 0.6) is 11.5 Å². The molecule has 1 aromatic rings. The van der Waals surface area contributed by atoms with Crippen LogP contribution >= 0.6 is 0 Å². The van der Waals surface area contributed by atoms with Crippen molar-refractivity contribution in [3.63, 3.8) is 0 Å². The first-order chi connectivity index (χ1) is 6.60. The number of hydrogen-bond donors (Lipinski definition) is 2. The SMILES string of the molecule is COc1cc(CN)nc(C(F)F)c1O. The lowest BCUT2D eigenvalue weighted by Gasteiger charge is -2.09. The fourth-order valence-electron chi connectivity index (χ4n) is 0.998. The lowest BCUT2D eigenvalue weighted by molar-refractivity contribution is 0.140. The van der Waals surface area contributed by atoms with Crippen LogP contribution in [-0.4, -0.2) is 17.2 Å². The molecular formula is C8H10F2N2O2. The second-order valence-electron chi connectivity index (χ2n) is 2.55. The molecule has 14 heavy (non-hydrogen) atoms. The minimum Gasteiger partial charge on any atom is -0.503 e. The summed E-state index contributed by atoms with van der Waals surface area (Å²) < 4.78 is 29.4. The lowest BCUT2D eigenvalue weighted by Crippen LogP contribution is -2.04. The lowest BCUT2D eigenvalue weighted by atomic mass is 10.2. The van der Waals surface area contributed by atoms with Crippen molar-refractivity contribution in [2.24, 2.45) is 5.73 Å². The topological polar surface area (TPSA) is 68.4 Å². The zero-order valence-corrected chi connectivity index (χ0v) is 7.50. The molecule has 6 heteroatoms. The monoisotopic (exact) mass is 204 g/mol. The van der Waals surface area contributed by atoms with Crippen molar-refractivity contribution < 1.29 is 18.6 Å². The largest absolute Gasteiger partial charge is 0.503 e. The minimum atomic E-state index is -2.85. The van der Waals surface area contributed by atoms with Crippen molar-refractivity contribution in [1.29, 1.82) is 0 Å². The molecule has 4 nitrogen and oxygen atoms in total. The number of alkyl halides is 2. The van der Waals surface area contributed by atoms with E-state index in [2.05, 4.69) is 4.98 Å². The van der Waals surface area contributed by atoms with Gasteiger partial charge < -0.3 is 15.6 Å². The normalized spacial score (nSPS) is 10.6. The summed E-state index contributed by atoms with van der Waals surface area (Å²) >= 11 is 0. The van der Waals surface area contributed by atoms with Crippen LogP contribution in [-0.2, 0) is 6.54 Å². The number of aromatic hydroxyl groups is 1. The van der Waals surface area contributed by atoms with E-state index in [-0.39, 0.29) is 18.0 Å². The molecule has 78 valence electrons. The molecule has 1 rings (SSSR count). The summed E-state index contributed by atoms with van der Waals surface area (Å²) in [6.07, 6.45) is -2.85. The van der Waals surface area contributed by atoms with Crippen molar-refractivity contribution in [3.8, 4) is 11.5 Å². The molecule has 0 atom stereocenters. The number of hydrogen-bond acceptors (Lipinski definition) is 4. The van der Waals surface area contributed by atoms with Gasteiger partial charge in [-0.15, -0.1) is 0 Å². The van der Waals surface area contributed by atoms with Gasteiger partial charge in [0, 0.05) is 12.6 Å². The third kappa shape index (κ3) is 1.90. The van der Waals surface area contributed by atoms with Gasteiger partial charge in [0.2, 0.25) is 0 Å². The highest BCUT2D eigenvalue weighted by atomic mass is 19.3. The Morgan fingerprint density at radius 1 is 1.64 bits per heavy atom. The van der Waals surface area contributed by atoms with Gasteiger partial charge in [0.1, 0.15) is 0 Å². The summed E-state index contributed by atoms with van der Waals surface area (Å²) in [5.41, 5.74) is 4.79. The molecule has 0 aromatic carbocycles. The molecule has 0 aliphatic carbocycles. The smallest absolute Gasteiger partial charge is 0.284 e. The highest BCUT2D eigenvalue weighted by Gasteiger charge is 2.19. The third-order valence-corrected chi connectivity index (χ3v) is 1.67. The molecule has 0 saturated heterocycles. The van der Waals surface area contributed by atoms with E-state index in [0.717, 1.165) is 0 Å². The second-order valence-corrected chi connectivity index (χ2v) is 2.55. The van der Waals surface area contributed by atoms with Crippen molar-refractivity contribution in [3.05, 3.63) is 17.5 Å². The number of halogens is 2. The van der Waals surface area contributed by atoms with Crippen LogP contribution in [0.25, 0.3) is 0 Å². The standard InChI is InChI=1S/C8H10F2N2O2/c1-14-5-2-4(3-11)12-6(7(5)13)8(9)10/h2,8,13H,3,11H2,1H3. The summed E-state index contributed by atoms with van der Waals surface area (Å²) in [7, 11) is 1.27. The van der Waals surface area contributed by atoms with Gasteiger partial charge in [0.05, 0.1) is 12.8 Å². The quantitative estimate of drug-likeness (QED) is 0.776. The first-order valence-corrected chi connectivity index (χ1v) is 3.85. The number of aromatic nitrogens is 1. The van der Waals surface area contributed by atoms with Crippen LogP contribution in [0.15, 0.2) is 6.07 Å². The molecule has 0 saturated carbocycles. The van der Waals surface area contributed by atoms with Gasteiger partial charge in [-0.25, -0.2) is 13.8 Å². The maximum absolute atomic E-state index is 12.3. The van der Waals surface area contributed by atoms with E-state index in [0.29, 0.717) is 0 Å². The molecule has 0 unspecified atom stereocenters. The van der Waals surface area contributed by atoms with Crippen molar-refractivity contribution in [2.75, 3.05) is 7.11 Å². The zero-order valence-electron chi connectivity index (χ0n) is 7.50. The number of nitrogens with zero attached hydrogens (tertiary/aromatic N) is 1. The van der Waals surface area contributed by atoms with Crippen LogP contribution in [0.4, 0.5) is 8.78 Å². The number of methoxy groups -OCH3 is 1. The minimum absolute atomic E-state index is 0.0103. The Hall–Kier alpha value is -1.43. The maximum Gasteiger partial charge on any atom is 0.284 e. The molecule has 0 amide bonds. The molecule has 0 aliphatic rings. The Labute approximate surface area is 79.3 Å². The highest BCUT2D eigenvalue weighted by Crippen LogP contribution is 2.34. The van der Waals surface area contributed by atoms with E-state index in [1.54, 1.807) is 0 Å². The predicted octanol–water partition coefficient (Wildman–Crippen LogP) is 1.19. The van der Waals surface area contributed by atoms with Crippen LogP contribution in [0.1, 0.15) is 17.8 Å². The van der Waals surface area contributed by atoms with Gasteiger partial charge in [-0.1, -0.05) is 0 Å². The Bertz CT molecular complexity index is 331. The van der Waals surface area contributed by atoms with Gasteiger partial charge in [-0.05, 0) is 0 Å². The maximum atomic E-state index is 12.3. The van der Waals surface area contributed by atoms with E-state index in [9.17, 15) is 13.9 Å². The average Bonchev–Trinajstić information content (AvgIpc) is 2.17. The summed E-state index contributed by atoms with van der Waals surface area (Å²) in [5.74, 6) is -0.685. The van der Waals surface area contributed by atoms with Gasteiger partial charge >= 0.3 is 0 Å². The van der Waals surface area contributed by atoms with Crippen LogP contribution in [0.2, 0.25) is 0 Å². The van der Waals surface area contributed by atoms with Gasteiger partial charge in [0.15, 0.2) is 17.2 Å². The average molecular weight is 204 g/mol. The van der Waals surface area contributed by atoms with Crippen LogP contribution < -0.4 is 10.5 Å². The van der Waals surface area contributed by atoms with E-state index >= 15 is 0 Å². The molecule has 3 N–H and O–H groups in total. The predicted molar refractivity (Wildman–Crippen MR) is 45.3 cm³/mol. The number of rotatable bonds is 3. The van der Waals surface area contributed by atoms with Crippen LogP contribution in [0, 0.1) is 0 Å². The van der Waals surface area contributed by atoms with Gasteiger partial charge in [-0.2, -0.15) is 0 Å². The first kappa shape index (κ1) is 10.6. The Morgan fingerprint density at radius 2 is 2.29 bits per heavy atom. The molecule has 0 bridgehead atoms. The van der Waals surface area contributed by atoms with Crippen LogP contribution in [0.3, 0.4) is 0 Å². The zero-order chi connectivity index (χ0) is 10.7. The van der Waals surface area contributed by atoms with Gasteiger partial charge in [-0.3, -0.25) is 0 Å².